The van der Waals surface area contributed by atoms with Crippen molar-refractivity contribution in [3.8, 4) is 11.5 Å². The summed E-state index contributed by atoms with van der Waals surface area (Å²) in [4.78, 5) is 12.4. The zero-order chi connectivity index (χ0) is 16.4. The normalized spacial score (nSPS) is 13.2. The Morgan fingerprint density at radius 1 is 1.35 bits per heavy atom. The average molecular weight is 354 g/mol. The van der Waals surface area contributed by atoms with Crippen molar-refractivity contribution in [3.63, 3.8) is 0 Å². The van der Waals surface area contributed by atoms with Crippen LogP contribution in [0.15, 0.2) is 12.1 Å². The molecule has 0 spiro atoms. The van der Waals surface area contributed by atoms with Gasteiger partial charge in [-0.25, -0.2) is 0 Å². The molecule has 0 fully saturated rings. The van der Waals surface area contributed by atoms with Crippen LogP contribution in [0.3, 0.4) is 0 Å². The molecule has 1 amide bonds. The molecule has 0 bridgehead atoms. The first kappa shape index (κ1) is 16.0. The number of nitrogens with one attached hydrogen (secondary N) is 1. The Labute approximate surface area is 142 Å². The number of anilines is 1. The summed E-state index contributed by atoms with van der Waals surface area (Å²) in [6, 6.07) is 3.17. The van der Waals surface area contributed by atoms with Crippen molar-refractivity contribution in [3.05, 3.63) is 27.7 Å². The van der Waals surface area contributed by atoms with Gasteiger partial charge >= 0.3 is 0 Å². The fraction of sp³-hybridized carbons (Fsp3) is 0.400. The lowest BCUT2D eigenvalue weighted by Gasteiger charge is -2.20. The lowest BCUT2D eigenvalue weighted by molar-refractivity contribution is 0.102. The van der Waals surface area contributed by atoms with Crippen molar-refractivity contribution < 1.29 is 14.3 Å². The molecule has 0 aliphatic carbocycles. The molecule has 1 aromatic carbocycles. The van der Waals surface area contributed by atoms with Crippen LogP contribution in [-0.4, -0.2) is 29.3 Å². The second kappa shape index (κ2) is 6.72. The average Bonchev–Trinajstić information content (AvgIpc) is 2.93. The minimum Gasteiger partial charge on any atom is -0.486 e. The Hall–Kier alpha value is -1.86. The lowest BCUT2D eigenvalue weighted by Crippen LogP contribution is -2.17. The van der Waals surface area contributed by atoms with Gasteiger partial charge in [-0.05, 0) is 18.1 Å². The monoisotopic (exact) mass is 353 g/mol. The van der Waals surface area contributed by atoms with Crippen molar-refractivity contribution >= 4 is 34.0 Å². The molecule has 2 heterocycles. The van der Waals surface area contributed by atoms with E-state index in [9.17, 15) is 4.79 Å². The molecule has 1 N–H and O–H groups in total. The fourth-order valence-corrected chi connectivity index (χ4v) is 3.36. The third-order valence-corrected chi connectivity index (χ3v) is 4.27. The maximum absolute atomic E-state index is 12.4. The second-order valence-electron chi connectivity index (χ2n) is 5.54. The van der Waals surface area contributed by atoms with Gasteiger partial charge in [0.05, 0.1) is 5.02 Å². The first-order valence-electron chi connectivity index (χ1n) is 7.26. The number of carbonyl (C=O) groups excluding carboxylic acids is 1. The number of halogens is 1. The zero-order valence-corrected chi connectivity index (χ0v) is 14.3. The summed E-state index contributed by atoms with van der Waals surface area (Å²) < 4.78 is 10.9. The first-order valence-corrected chi connectivity index (χ1v) is 8.45. The Morgan fingerprint density at radius 2 is 2.13 bits per heavy atom. The standard InChI is InChI=1S/C15H16ClN3O3S/c1-8(2)5-12-18-19-15(23-12)17-14(20)9-6-10(16)13-11(7-9)21-3-4-22-13/h6-8H,3-5H2,1-2H3,(H,17,19,20). The van der Waals surface area contributed by atoms with E-state index in [0.29, 0.717) is 46.3 Å². The van der Waals surface area contributed by atoms with E-state index in [4.69, 9.17) is 21.1 Å². The van der Waals surface area contributed by atoms with Crippen molar-refractivity contribution in [2.24, 2.45) is 5.92 Å². The summed E-state index contributed by atoms with van der Waals surface area (Å²) >= 11 is 7.52. The molecule has 8 heteroatoms. The lowest BCUT2D eigenvalue weighted by atomic mass is 10.1. The van der Waals surface area contributed by atoms with Gasteiger partial charge in [0.1, 0.15) is 18.2 Å². The molecule has 2 aromatic rings. The molecule has 122 valence electrons. The maximum atomic E-state index is 12.4. The predicted octanol–water partition coefficient (Wildman–Crippen LogP) is 3.41. The van der Waals surface area contributed by atoms with Crippen LogP contribution in [0, 0.1) is 5.92 Å². The van der Waals surface area contributed by atoms with Crippen molar-refractivity contribution in [1.29, 1.82) is 0 Å². The van der Waals surface area contributed by atoms with Crippen molar-refractivity contribution in [2.75, 3.05) is 18.5 Å². The number of rotatable bonds is 4. The number of nitrogens with zero attached hydrogens (tertiary/aromatic N) is 2. The molecular weight excluding hydrogens is 338 g/mol. The Balaban J connectivity index is 1.75. The minimum absolute atomic E-state index is 0.309. The molecule has 0 unspecified atom stereocenters. The molecule has 0 saturated heterocycles. The number of ether oxygens (including phenoxy) is 2. The molecule has 0 atom stereocenters. The minimum atomic E-state index is -0.309. The van der Waals surface area contributed by atoms with E-state index < -0.39 is 0 Å². The van der Waals surface area contributed by atoms with E-state index in [0.717, 1.165) is 11.4 Å². The molecule has 6 nitrogen and oxygen atoms in total. The number of amides is 1. The van der Waals surface area contributed by atoms with E-state index in [1.54, 1.807) is 12.1 Å². The van der Waals surface area contributed by atoms with Gasteiger partial charge in [-0.15, -0.1) is 10.2 Å². The largest absolute Gasteiger partial charge is 0.486 e. The molecule has 0 radical (unpaired) electrons. The molecule has 1 aliphatic rings. The van der Waals surface area contributed by atoms with E-state index >= 15 is 0 Å². The number of fused-ring (bicyclic) bond motifs is 1. The molecule has 0 saturated carbocycles. The summed E-state index contributed by atoms with van der Waals surface area (Å²) in [5, 5.41) is 12.5. The van der Waals surface area contributed by atoms with Gasteiger partial charge in [0, 0.05) is 12.0 Å². The molecule has 1 aromatic heterocycles. The van der Waals surface area contributed by atoms with E-state index in [1.807, 2.05) is 0 Å². The Morgan fingerprint density at radius 3 is 2.91 bits per heavy atom. The number of aromatic nitrogens is 2. The van der Waals surface area contributed by atoms with Crippen LogP contribution in [0.2, 0.25) is 5.02 Å². The van der Waals surface area contributed by atoms with Crippen LogP contribution in [0.1, 0.15) is 29.2 Å². The van der Waals surface area contributed by atoms with E-state index in [1.165, 1.54) is 11.3 Å². The van der Waals surface area contributed by atoms with Crippen LogP contribution >= 0.6 is 22.9 Å². The third-order valence-electron chi connectivity index (χ3n) is 3.13. The summed E-state index contributed by atoms with van der Waals surface area (Å²) in [5.41, 5.74) is 0.389. The molecule has 3 rings (SSSR count). The van der Waals surface area contributed by atoms with Crippen molar-refractivity contribution in [1.82, 2.24) is 10.2 Å². The fourth-order valence-electron chi connectivity index (χ4n) is 2.15. The topological polar surface area (TPSA) is 73.3 Å². The summed E-state index contributed by atoms with van der Waals surface area (Å²) in [6.45, 7) is 5.10. The SMILES string of the molecule is CC(C)Cc1nnc(NC(=O)c2cc(Cl)c3c(c2)OCCO3)s1. The molecule has 23 heavy (non-hydrogen) atoms. The van der Waals surface area contributed by atoms with Crippen molar-refractivity contribution in [2.45, 2.75) is 20.3 Å². The third kappa shape index (κ3) is 3.73. The second-order valence-corrected chi connectivity index (χ2v) is 7.00. The van der Waals surface area contributed by atoms with Crippen LogP contribution in [0.4, 0.5) is 5.13 Å². The van der Waals surface area contributed by atoms with Crippen LogP contribution in [-0.2, 0) is 6.42 Å². The van der Waals surface area contributed by atoms with Crippen LogP contribution < -0.4 is 14.8 Å². The Kier molecular flexibility index (Phi) is 4.68. The van der Waals surface area contributed by atoms with Gasteiger partial charge in [-0.2, -0.15) is 0 Å². The van der Waals surface area contributed by atoms with Gasteiger partial charge in [-0.1, -0.05) is 36.8 Å². The van der Waals surface area contributed by atoms with Crippen LogP contribution in [0.25, 0.3) is 0 Å². The summed E-state index contributed by atoms with van der Waals surface area (Å²) in [6.07, 6.45) is 0.837. The van der Waals surface area contributed by atoms with E-state index in [2.05, 4.69) is 29.4 Å². The highest BCUT2D eigenvalue weighted by Gasteiger charge is 2.20. The zero-order valence-electron chi connectivity index (χ0n) is 12.8. The maximum Gasteiger partial charge on any atom is 0.257 e. The first-order chi connectivity index (χ1) is 11.0. The molecule has 1 aliphatic heterocycles. The van der Waals surface area contributed by atoms with Gasteiger partial charge in [0.15, 0.2) is 11.5 Å². The Bertz CT molecular complexity index is 733. The number of benzene rings is 1. The van der Waals surface area contributed by atoms with Gasteiger partial charge in [0.25, 0.3) is 5.91 Å². The highest BCUT2D eigenvalue weighted by Crippen LogP contribution is 2.38. The number of hydrogen-bond donors (Lipinski definition) is 1. The van der Waals surface area contributed by atoms with Crippen LogP contribution in [0.5, 0.6) is 11.5 Å². The summed E-state index contributed by atoms with van der Waals surface area (Å²) in [5.74, 6) is 1.13. The highest BCUT2D eigenvalue weighted by molar-refractivity contribution is 7.15. The smallest absolute Gasteiger partial charge is 0.257 e. The molecular formula is C15H16ClN3O3S. The van der Waals surface area contributed by atoms with Gasteiger partial charge in [-0.3, -0.25) is 10.1 Å². The quantitative estimate of drug-likeness (QED) is 0.911. The number of carbonyl (C=O) groups is 1. The number of hydrogen-bond acceptors (Lipinski definition) is 6. The van der Waals surface area contributed by atoms with Gasteiger partial charge < -0.3 is 9.47 Å². The van der Waals surface area contributed by atoms with Gasteiger partial charge in [0.2, 0.25) is 5.13 Å². The highest BCUT2D eigenvalue weighted by atomic mass is 35.5. The van der Waals surface area contributed by atoms with E-state index in [-0.39, 0.29) is 5.91 Å². The summed E-state index contributed by atoms with van der Waals surface area (Å²) in [7, 11) is 0. The predicted molar refractivity (Wildman–Crippen MR) is 88.8 cm³/mol.